The fourth-order valence-corrected chi connectivity index (χ4v) is 1.67. The average molecular weight is 246 g/mol. The molecule has 1 aliphatic heterocycles. The molecule has 94 valence electrons. The van der Waals surface area contributed by atoms with E-state index in [1.54, 1.807) is 13.2 Å². The predicted molar refractivity (Wildman–Crippen MR) is 67.2 cm³/mol. The molecule has 1 aromatic carbocycles. The van der Waals surface area contributed by atoms with E-state index in [0.717, 1.165) is 17.4 Å². The Labute approximate surface area is 105 Å². The zero-order valence-electron chi connectivity index (χ0n) is 10.00. The number of hydrogen-bond donors (Lipinski definition) is 1. The standard InChI is InChI=1S/C14H14O4/c1-17-12-5-2-10(3-6-12)4-7-13-8-11(15)9-14(16)18-13/h2-7,9,13,15H,8H2,1H3/b7-4+. The highest BCUT2D eigenvalue weighted by Gasteiger charge is 2.18. The summed E-state index contributed by atoms with van der Waals surface area (Å²) in [4.78, 5) is 11.1. The van der Waals surface area contributed by atoms with Crippen LogP contribution in [0.3, 0.4) is 0 Å². The van der Waals surface area contributed by atoms with Crippen LogP contribution in [-0.2, 0) is 9.53 Å². The smallest absolute Gasteiger partial charge is 0.334 e. The second kappa shape index (κ2) is 5.40. The summed E-state index contributed by atoms with van der Waals surface area (Å²) < 4.78 is 10.1. The van der Waals surface area contributed by atoms with Crippen molar-refractivity contribution in [3.8, 4) is 5.75 Å². The number of esters is 1. The lowest BCUT2D eigenvalue weighted by Crippen LogP contribution is -2.20. The van der Waals surface area contributed by atoms with Crippen LogP contribution in [0.1, 0.15) is 12.0 Å². The van der Waals surface area contributed by atoms with Crippen molar-refractivity contribution in [3.05, 3.63) is 47.7 Å². The van der Waals surface area contributed by atoms with Crippen molar-refractivity contribution in [2.75, 3.05) is 7.11 Å². The van der Waals surface area contributed by atoms with Crippen LogP contribution in [-0.4, -0.2) is 24.3 Å². The molecule has 0 bridgehead atoms. The molecule has 0 fully saturated rings. The SMILES string of the molecule is COc1ccc(/C=C/C2CC(O)=CC(=O)O2)cc1. The molecule has 0 aliphatic carbocycles. The average Bonchev–Trinajstić information content (AvgIpc) is 2.36. The zero-order chi connectivity index (χ0) is 13.0. The molecule has 1 atom stereocenters. The number of benzene rings is 1. The molecule has 0 amide bonds. The first kappa shape index (κ1) is 12.2. The Hall–Kier alpha value is -2.23. The third-order valence-corrected chi connectivity index (χ3v) is 2.58. The lowest BCUT2D eigenvalue weighted by atomic mass is 10.1. The summed E-state index contributed by atoms with van der Waals surface area (Å²) in [6.07, 6.45) is 4.60. The van der Waals surface area contributed by atoms with Gasteiger partial charge >= 0.3 is 5.97 Å². The van der Waals surface area contributed by atoms with Crippen LogP contribution in [0, 0.1) is 0 Å². The second-order valence-electron chi connectivity index (χ2n) is 3.95. The van der Waals surface area contributed by atoms with Gasteiger partial charge in [0.05, 0.1) is 13.2 Å². The van der Waals surface area contributed by atoms with Crippen molar-refractivity contribution in [1.82, 2.24) is 0 Å². The minimum absolute atomic E-state index is 0.0515. The minimum Gasteiger partial charge on any atom is -0.512 e. The first-order valence-corrected chi connectivity index (χ1v) is 5.60. The largest absolute Gasteiger partial charge is 0.512 e. The Morgan fingerprint density at radius 1 is 1.39 bits per heavy atom. The van der Waals surface area contributed by atoms with Crippen LogP contribution in [0.15, 0.2) is 42.2 Å². The molecule has 1 aromatic rings. The highest BCUT2D eigenvalue weighted by Crippen LogP contribution is 2.17. The van der Waals surface area contributed by atoms with E-state index in [1.807, 2.05) is 30.3 Å². The number of hydrogen-bond acceptors (Lipinski definition) is 4. The van der Waals surface area contributed by atoms with Gasteiger partial charge in [-0.15, -0.1) is 0 Å². The van der Waals surface area contributed by atoms with Crippen molar-refractivity contribution < 1.29 is 19.4 Å². The molecule has 0 aromatic heterocycles. The molecule has 4 nitrogen and oxygen atoms in total. The van der Waals surface area contributed by atoms with Gasteiger partial charge in [-0.25, -0.2) is 4.79 Å². The Kier molecular flexibility index (Phi) is 3.67. The molecule has 2 rings (SSSR count). The van der Waals surface area contributed by atoms with E-state index in [0.29, 0.717) is 6.42 Å². The van der Waals surface area contributed by atoms with Gasteiger partial charge in [-0.2, -0.15) is 0 Å². The van der Waals surface area contributed by atoms with Crippen LogP contribution in [0.4, 0.5) is 0 Å². The summed E-state index contributed by atoms with van der Waals surface area (Å²) in [5.74, 6) is 0.329. The van der Waals surface area contributed by atoms with Crippen molar-refractivity contribution in [3.63, 3.8) is 0 Å². The van der Waals surface area contributed by atoms with Crippen LogP contribution in [0.2, 0.25) is 0 Å². The minimum atomic E-state index is -0.511. The number of rotatable bonds is 3. The van der Waals surface area contributed by atoms with Crippen LogP contribution >= 0.6 is 0 Å². The number of aliphatic hydroxyl groups is 1. The molecule has 0 spiro atoms. The van der Waals surface area contributed by atoms with Crippen LogP contribution in [0.25, 0.3) is 6.08 Å². The number of carbonyl (C=O) groups is 1. The molecule has 0 saturated carbocycles. The second-order valence-corrected chi connectivity index (χ2v) is 3.95. The third-order valence-electron chi connectivity index (χ3n) is 2.58. The Morgan fingerprint density at radius 2 is 2.11 bits per heavy atom. The summed E-state index contributed by atoms with van der Waals surface area (Å²) in [6.45, 7) is 0. The first-order valence-electron chi connectivity index (χ1n) is 5.60. The van der Waals surface area contributed by atoms with E-state index >= 15 is 0 Å². The van der Waals surface area contributed by atoms with Gasteiger partial charge in [-0.1, -0.05) is 18.2 Å². The summed E-state index contributed by atoms with van der Waals surface area (Å²) >= 11 is 0. The molecular weight excluding hydrogens is 232 g/mol. The number of methoxy groups -OCH3 is 1. The molecule has 0 saturated heterocycles. The zero-order valence-corrected chi connectivity index (χ0v) is 10.00. The van der Waals surface area contributed by atoms with Crippen molar-refractivity contribution >= 4 is 12.0 Å². The highest BCUT2D eigenvalue weighted by atomic mass is 16.5. The lowest BCUT2D eigenvalue weighted by Gasteiger charge is -2.17. The Morgan fingerprint density at radius 3 is 2.72 bits per heavy atom. The summed E-state index contributed by atoms with van der Waals surface area (Å²) in [7, 11) is 1.61. The van der Waals surface area contributed by atoms with Crippen LogP contribution in [0.5, 0.6) is 5.75 Å². The van der Waals surface area contributed by atoms with E-state index in [-0.39, 0.29) is 5.76 Å². The van der Waals surface area contributed by atoms with E-state index in [1.165, 1.54) is 0 Å². The van der Waals surface area contributed by atoms with E-state index in [9.17, 15) is 9.90 Å². The quantitative estimate of drug-likeness (QED) is 0.832. The van der Waals surface area contributed by atoms with Gasteiger partial charge in [0.2, 0.25) is 0 Å². The van der Waals surface area contributed by atoms with Gasteiger partial charge < -0.3 is 14.6 Å². The molecule has 1 N–H and O–H groups in total. The van der Waals surface area contributed by atoms with Gasteiger partial charge in [0.1, 0.15) is 17.6 Å². The number of ether oxygens (including phenoxy) is 2. The molecule has 1 heterocycles. The maximum absolute atomic E-state index is 11.1. The van der Waals surface area contributed by atoms with E-state index < -0.39 is 12.1 Å². The molecule has 1 aliphatic rings. The van der Waals surface area contributed by atoms with Gasteiger partial charge in [-0.3, -0.25) is 0 Å². The normalized spacial score (nSPS) is 19.5. The van der Waals surface area contributed by atoms with Gasteiger partial charge in [0.25, 0.3) is 0 Å². The number of aliphatic hydroxyl groups excluding tert-OH is 1. The van der Waals surface area contributed by atoms with E-state index in [2.05, 4.69) is 0 Å². The fraction of sp³-hybridized carbons (Fsp3) is 0.214. The van der Waals surface area contributed by atoms with Gasteiger partial charge in [0.15, 0.2) is 0 Å². The monoisotopic (exact) mass is 246 g/mol. The first-order chi connectivity index (χ1) is 8.67. The molecule has 18 heavy (non-hydrogen) atoms. The third kappa shape index (κ3) is 3.13. The van der Waals surface area contributed by atoms with E-state index in [4.69, 9.17) is 9.47 Å². The number of cyclic esters (lactones) is 1. The molecule has 0 radical (unpaired) electrons. The lowest BCUT2D eigenvalue weighted by molar-refractivity contribution is -0.142. The Bertz CT molecular complexity index is 485. The summed E-state index contributed by atoms with van der Waals surface area (Å²) in [5, 5.41) is 9.33. The van der Waals surface area contributed by atoms with Crippen molar-refractivity contribution in [2.45, 2.75) is 12.5 Å². The van der Waals surface area contributed by atoms with Gasteiger partial charge in [-0.05, 0) is 23.8 Å². The van der Waals surface area contributed by atoms with Crippen LogP contribution < -0.4 is 4.74 Å². The fourth-order valence-electron chi connectivity index (χ4n) is 1.67. The number of carbonyl (C=O) groups excluding carboxylic acids is 1. The van der Waals surface area contributed by atoms with Gasteiger partial charge in [0, 0.05) is 6.42 Å². The van der Waals surface area contributed by atoms with Crippen molar-refractivity contribution in [2.24, 2.45) is 0 Å². The molecule has 4 heteroatoms. The predicted octanol–water partition coefficient (Wildman–Crippen LogP) is 2.47. The Balaban J connectivity index is 2.02. The summed E-state index contributed by atoms with van der Waals surface area (Å²) in [5.41, 5.74) is 0.973. The summed E-state index contributed by atoms with van der Waals surface area (Å²) in [6, 6.07) is 7.50. The van der Waals surface area contributed by atoms with Crippen molar-refractivity contribution in [1.29, 1.82) is 0 Å². The molecule has 1 unspecified atom stereocenters. The maximum atomic E-state index is 11.1. The highest BCUT2D eigenvalue weighted by molar-refractivity contribution is 5.83. The topological polar surface area (TPSA) is 55.8 Å². The molecular formula is C14H14O4. The maximum Gasteiger partial charge on any atom is 0.334 e.